The van der Waals surface area contributed by atoms with Gasteiger partial charge in [0.2, 0.25) is 11.6 Å². The maximum atomic E-state index is 12.7. The highest BCUT2D eigenvalue weighted by molar-refractivity contribution is 5.86. The van der Waals surface area contributed by atoms with Crippen molar-refractivity contribution in [3.8, 4) is 0 Å². The number of hydrogen-bond donors (Lipinski definition) is 0. The third-order valence-electron chi connectivity index (χ3n) is 5.86. The van der Waals surface area contributed by atoms with Crippen LogP contribution in [0.1, 0.15) is 47.0 Å². The van der Waals surface area contributed by atoms with E-state index in [0.717, 1.165) is 12.8 Å². The van der Waals surface area contributed by atoms with Crippen LogP contribution in [0.25, 0.3) is 0 Å². The molecule has 3 heterocycles. The standard InChI is InChI=1S/C15H22O5/c1-8-5-6-15-14(7-8)10(3)11(16)9(2)12(17-14)13(4,18-15)19-20-15/h8-10,12H,5-7H2,1-4H3/t8?,9-,10+,12+,13+,14-,15+/m1/s1. The topological polar surface area (TPSA) is 54.0 Å². The average Bonchev–Trinajstić information content (AvgIpc) is 2.72. The van der Waals surface area contributed by atoms with E-state index < -0.39 is 23.3 Å². The van der Waals surface area contributed by atoms with Crippen molar-refractivity contribution in [3.63, 3.8) is 0 Å². The number of carbonyl (C=O) groups excluding carboxylic acids is 1. The summed E-state index contributed by atoms with van der Waals surface area (Å²) in [5, 5.41) is 0. The largest absolute Gasteiger partial charge is 0.359 e. The Balaban J connectivity index is 1.88. The summed E-state index contributed by atoms with van der Waals surface area (Å²) in [7, 11) is 0. The molecule has 0 N–H and O–H groups in total. The van der Waals surface area contributed by atoms with Gasteiger partial charge in [0.25, 0.3) is 0 Å². The smallest absolute Gasteiger partial charge is 0.234 e. The van der Waals surface area contributed by atoms with E-state index in [9.17, 15) is 4.79 Å². The van der Waals surface area contributed by atoms with Crippen molar-refractivity contribution in [1.29, 1.82) is 0 Å². The molecule has 4 fully saturated rings. The molecule has 4 bridgehead atoms. The second kappa shape index (κ2) is 3.64. The van der Waals surface area contributed by atoms with Gasteiger partial charge in [-0.2, -0.15) is 9.78 Å². The molecular weight excluding hydrogens is 260 g/mol. The van der Waals surface area contributed by atoms with Crippen molar-refractivity contribution in [1.82, 2.24) is 0 Å². The number of ketones is 1. The van der Waals surface area contributed by atoms with Gasteiger partial charge in [0.1, 0.15) is 17.5 Å². The minimum Gasteiger partial charge on any atom is -0.359 e. The third-order valence-corrected chi connectivity index (χ3v) is 5.86. The lowest BCUT2D eigenvalue weighted by Gasteiger charge is -2.60. The maximum absolute atomic E-state index is 12.7. The van der Waals surface area contributed by atoms with Gasteiger partial charge in [-0.1, -0.05) is 20.8 Å². The number of fused-ring (bicyclic) bond motifs is 3. The first kappa shape index (κ1) is 13.2. The zero-order valence-corrected chi connectivity index (χ0v) is 12.5. The fraction of sp³-hybridized carbons (Fsp3) is 0.933. The van der Waals surface area contributed by atoms with Crippen molar-refractivity contribution in [2.24, 2.45) is 17.8 Å². The van der Waals surface area contributed by atoms with Gasteiger partial charge >= 0.3 is 0 Å². The number of hydrogen-bond acceptors (Lipinski definition) is 5. The van der Waals surface area contributed by atoms with Crippen LogP contribution in [0.15, 0.2) is 0 Å². The van der Waals surface area contributed by atoms with Gasteiger partial charge < -0.3 is 9.47 Å². The minimum absolute atomic E-state index is 0.234. The van der Waals surface area contributed by atoms with Gasteiger partial charge in [-0.05, 0) is 25.7 Å². The molecule has 3 saturated heterocycles. The van der Waals surface area contributed by atoms with Crippen LogP contribution in [0.4, 0.5) is 0 Å². The van der Waals surface area contributed by atoms with E-state index >= 15 is 0 Å². The minimum atomic E-state index is -0.973. The highest BCUT2D eigenvalue weighted by atomic mass is 17.3. The quantitative estimate of drug-likeness (QED) is 0.637. The molecule has 0 aromatic rings. The summed E-state index contributed by atoms with van der Waals surface area (Å²) in [5.41, 5.74) is -0.699. The fourth-order valence-electron chi connectivity index (χ4n) is 4.70. The van der Waals surface area contributed by atoms with E-state index in [1.807, 2.05) is 20.8 Å². The van der Waals surface area contributed by atoms with Gasteiger partial charge in [-0.25, -0.2) is 0 Å². The second-order valence-corrected chi connectivity index (χ2v) is 7.23. The Kier molecular flexibility index (Phi) is 2.40. The molecule has 4 aliphatic rings. The molecule has 0 aromatic heterocycles. The van der Waals surface area contributed by atoms with Crippen LogP contribution in [-0.4, -0.2) is 29.1 Å². The summed E-state index contributed by atoms with van der Waals surface area (Å²) in [4.78, 5) is 23.9. The third kappa shape index (κ3) is 1.26. The molecule has 4 rings (SSSR count). The summed E-state index contributed by atoms with van der Waals surface area (Å²) >= 11 is 0. The molecule has 5 heteroatoms. The number of carbonyl (C=O) groups is 1. The Morgan fingerprint density at radius 1 is 1.20 bits per heavy atom. The molecule has 0 amide bonds. The maximum Gasteiger partial charge on any atom is 0.234 e. The molecule has 2 spiro atoms. The molecule has 20 heavy (non-hydrogen) atoms. The summed E-state index contributed by atoms with van der Waals surface area (Å²) in [6.07, 6.45) is 2.09. The van der Waals surface area contributed by atoms with Crippen molar-refractivity contribution in [2.75, 3.05) is 0 Å². The van der Waals surface area contributed by atoms with E-state index in [2.05, 4.69) is 6.92 Å². The van der Waals surface area contributed by atoms with Crippen LogP contribution < -0.4 is 0 Å². The molecule has 0 radical (unpaired) electrons. The molecule has 5 nitrogen and oxygen atoms in total. The number of rotatable bonds is 0. The van der Waals surface area contributed by atoms with Gasteiger partial charge in [-0.3, -0.25) is 4.79 Å². The zero-order chi connectivity index (χ0) is 14.3. The van der Waals surface area contributed by atoms with E-state index in [-0.39, 0.29) is 17.6 Å². The summed E-state index contributed by atoms with van der Waals surface area (Å²) in [6, 6.07) is 0. The molecule has 1 aliphatic carbocycles. The Hall–Kier alpha value is -0.490. The number of ether oxygens (including phenoxy) is 2. The van der Waals surface area contributed by atoms with E-state index in [4.69, 9.17) is 19.2 Å². The molecule has 1 unspecified atom stereocenters. The molecule has 112 valence electrons. The molecule has 7 atom stereocenters. The average molecular weight is 282 g/mol. The first-order valence-corrected chi connectivity index (χ1v) is 7.62. The first-order valence-electron chi connectivity index (χ1n) is 7.62. The lowest BCUT2D eigenvalue weighted by atomic mass is 9.62. The summed E-state index contributed by atoms with van der Waals surface area (Å²) < 4.78 is 12.7. The fourth-order valence-corrected chi connectivity index (χ4v) is 4.70. The second-order valence-electron chi connectivity index (χ2n) is 7.23. The van der Waals surface area contributed by atoms with Crippen molar-refractivity contribution >= 4 is 5.78 Å². The predicted octanol–water partition coefficient (Wildman–Crippen LogP) is 2.19. The Bertz CT molecular complexity index is 479. The van der Waals surface area contributed by atoms with Crippen molar-refractivity contribution in [2.45, 2.75) is 70.2 Å². The molecule has 0 aromatic carbocycles. The molecular formula is C15H22O5. The lowest BCUT2D eigenvalue weighted by molar-refractivity contribution is -0.401. The first-order chi connectivity index (χ1) is 9.34. The van der Waals surface area contributed by atoms with Gasteiger partial charge in [0.05, 0.1) is 0 Å². The van der Waals surface area contributed by atoms with Crippen molar-refractivity contribution in [3.05, 3.63) is 0 Å². The van der Waals surface area contributed by atoms with Crippen LogP contribution in [0.5, 0.6) is 0 Å². The normalized spacial score (nSPS) is 61.3. The highest BCUT2D eigenvalue weighted by Crippen LogP contribution is 2.62. The summed E-state index contributed by atoms with van der Waals surface area (Å²) in [5.74, 6) is -1.63. The molecule has 3 aliphatic heterocycles. The van der Waals surface area contributed by atoms with Gasteiger partial charge in [0, 0.05) is 18.3 Å². The SMILES string of the molecule is CC1CC[C@@]23OO[C@](C)(O2)[C@H]2O[C@]3(C1)[C@@H](C)C(=O)[C@H]2C. The van der Waals surface area contributed by atoms with Gasteiger partial charge in [0.15, 0.2) is 0 Å². The summed E-state index contributed by atoms with van der Waals surface area (Å²) in [6.45, 7) is 7.85. The highest BCUT2D eigenvalue weighted by Gasteiger charge is 2.77. The lowest BCUT2D eigenvalue weighted by Crippen LogP contribution is -2.75. The Morgan fingerprint density at radius 3 is 2.70 bits per heavy atom. The van der Waals surface area contributed by atoms with E-state index in [1.165, 1.54) is 0 Å². The van der Waals surface area contributed by atoms with Crippen LogP contribution in [0.2, 0.25) is 0 Å². The zero-order valence-electron chi connectivity index (χ0n) is 12.5. The molecule has 1 saturated carbocycles. The monoisotopic (exact) mass is 282 g/mol. The Labute approximate surface area is 118 Å². The number of Topliss-reactive ketones (excluding diaryl/α,β-unsaturated/α-hetero) is 1. The van der Waals surface area contributed by atoms with Crippen LogP contribution in [0, 0.1) is 17.8 Å². The Morgan fingerprint density at radius 2 is 1.95 bits per heavy atom. The van der Waals surface area contributed by atoms with E-state index in [1.54, 1.807) is 0 Å². The van der Waals surface area contributed by atoms with E-state index in [0.29, 0.717) is 12.3 Å². The van der Waals surface area contributed by atoms with Crippen molar-refractivity contribution < 1.29 is 24.0 Å². The van der Waals surface area contributed by atoms with Crippen LogP contribution in [-0.2, 0) is 24.0 Å². The van der Waals surface area contributed by atoms with Gasteiger partial charge in [-0.15, -0.1) is 0 Å². The predicted molar refractivity (Wildman–Crippen MR) is 68.3 cm³/mol. The van der Waals surface area contributed by atoms with Crippen LogP contribution in [0.3, 0.4) is 0 Å². The van der Waals surface area contributed by atoms with Crippen LogP contribution >= 0.6 is 0 Å².